The molecular weight excluding hydrogens is 344 g/mol. The predicted octanol–water partition coefficient (Wildman–Crippen LogP) is 3.61. The minimum Gasteiger partial charge on any atom is -0.286 e. The fraction of sp³-hybridized carbons (Fsp3) is 0.263. The van der Waals surface area contributed by atoms with Crippen molar-refractivity contribution in [3.8, 4) is 5.69 Å². The van der Waals surface area contributed by atoms with Crippen LogP contribution in [0.3, 0.4) is 0 Å². The first-order chi connectivity index (χ1) is 12.9. The van der Waals surface area contributed by atoms with Crippen molar-refractivity contribution in [2.45, 2.75) is 25.4 Å². The summed E-state index contributed by atoms with van der Waals surface area (Å²) in [6, 6.07) is 18.7. The Morgan fingerprint density at radius 2 is 1.88 bits per heavy atom. The minimum atomic E-state index is 0.341. The second-order valence-corrected chi connectivity index (χ2v) is 7.55. The summed E-state index contributed by atoms with van der Waals surface area (Å²) in [5, 5.41) is 13.5. The second kappa shape index (κ2) is 6.59. The third kappa shape index (κ3) is 2.79. The Bertz CT molecular complexity index is 992. The van der Waals surface area contributed by atoms with Crippen molar-refractivity contribution in [1.29, 1.82) is 0 Å². The number of rotatable bonds is 4. The van der Waals surface area contributed by atoms with Gasteiger partial charge in [-0.1, -0.05) is 30.3 Å². The highest BCUT2D eigenvalue weighted by Crippen LogP contribution is 2.37. The van der Waals surface area contributed by atoms with Crippen LogP contribution in [0.25, 0.3) is 15.9 Å². The van der Waals surface area contributed by atoms with E-state index in [2.05, 4.69) is 38.6 Å². The molecule has 0 aliphatic carbocycles. The van der Waals surface area contributed by atoms with Crippen molar-refractivity contribution < 1.29 is 0 Å². The van der Waals surface area contributed by atoms with E-state index in [1.807, 2.05) is 41.1 Å². The highest BCUT2D eigenvalue weighted by molar-refractivity contribution is 7.18. The highest BCUT2D eigenvalue weighted by Gasteiger charge is 2.30. The first-order valence-corrected chi connectivity index (χ1v) is 9.62. The lowest BCUT2D eigenvalue weighted by molar-refractivity contribution is 0.240. The van der Waals surface area contributed by atoms with Crippen LogP contribution in [0, 0.1) is 0 Å². The van der Waals surface area contributed by atoms with Gasteiger partial charge in [0.2, 0.25) is 0 Å². The summed E-state index contributed by atoms with van der Waals surface area (Å²) in [5.74, 6) is 0.865. The van der Waals surface area contributed by atoms with Crippen LogP contribution in [-0.4, -0.2) is 36.6 Å². The molecule has 0 amide bonds. The number of aromatic nitrogens is 5. The molecule has 1 aliphatic rings. The predicted molar refractivity (Wildman–Crippen MR) is 101 cm³/mol. The fourth-order valence-electron chi connectivity index (χ4n) is 3.58. The molecule has 0 radical (unpaired) electrons. The maximum absolute atomic E-state index is 4.87. The smallest absolute Gasteiger partial charge is 0.170 e. The molecule has 1 atom stereocenters. The minimum absolute atomic E-state index is 0.341. The average molecular weight is 362 g/mol. The summed E-state index contributed by atoms with van der Waals surface area (Å²) in [5.41, 5.74) is 2.08. The van der Waals surface area contributed by atoms with E-state index in [1.165, 1.54) is 16.1 Å². The molecule has 0 bridgehead atoms. The Morgan fingerprint density at radius 1 is 1.04 bits per heavy atom. The van der Waals surface area contributed by atoms with Crippen LogP contribution in [0.2, 0.25) is 0 Å². The summed E-state index contributed by atoms with van der Waals surface area (Å²) in [6.45, 7) is 1.77. The van der Waals surface area contributed by atoms with Crippen LogP contribution in [0.15, 0.2) is 54.6 Å². The number of benzene rings is 2. The van der Waals surface area contributed by atoms with Gasteiger partial charge in [-0.05, 0) is 54.1 Å². The van der Waals surface area contributed by atoms with Crippen LogP contribution < -0.4 is 0 Å². The zero-order valence-electron chi connectivity index (χ0n) is 14.2. The van der Waals surface area contributed by atoms with Gasteiger partial charge >= 0.3 is 0 Å². The summed E-state index contributed by atoms with van der Waals surface area (Å²) in [7, 11) is 0. The van der Waals surface area contributed by atoms with E-state index in [0.717, 1.165) is 36.5 Å². The molecule has 0 spiro atoms. The van der Waals surface area contributed by atoms with Gasteiger partial charge in [-0.15, -0.1) is 16.4 Å². The van der Waals surface area contributed by atoms with Gasteiger partial charge in [-0.25, -0.2) is 4.98 Å². The first kappa shape index (κ1) is 15.6. The van der Waals surface area contributed by atoms with Crippen molar-refractivity contribution in [3.63, 3.8) is 0 Å². The Hall–Kier alpha value is -2.64. The van der Waals surface area contributed by atoms with E-state index < -0.39 is 0 Å². The third-order valence-corrected chi connectivity index (χ3v) is 5.98. The molecule has 3 heterocycles. The third-order valence-electron chi connectivity index (χ3n) is 4.84. The van der Waals surface area contributed by atoms with Crippen molar-refractivity contribution in [2.75, 3.05) is 6.54 Å². The SMILES string of the molecule is c1ccc(-n2nnnc2CN2CCCC2c2nc3ccccc3s2)cc1. The molecule has 5 rings (SSSR count). The van der Waals surface area contributed by atoms with E-state index in [9.17, 15) is 0 Å². The van der Waals surface area contributed by atoms with Gasteiger partial charge in [-0.2, -0.15) is 4.68 Å². The number of thiazole rings is 1. The van der Waals surface area contributed by atoms with Crippen molar-refractivity contribution in [1.82, 2.24) is 30.1 Å². The molecule has 1 fully saturated rings. The van der Waals surface area contributed by atoms with Crippen LogP contribution in [0.1, 0.15) is 29.7 Å². The molecule has 2 aromatic carbocycles. The molecular formula is C19H18N6S. The number of para-hydroxylation sites is 2. The Balaban J connectivity index is 1.43. The van der Waals surface area contributed by atoms with Gasteiger partial charge in [0, 0.05) is 0 Å². The van der Waals surface area contributed by atoms with Gasteiger partial charge < -0.3 is 0 Å². The fourth-order valence-corrected chi connectivity index (χ4v) is 4.72. The molecule has 130 valence electrons. The summed E-state index contributed by atoms with van der Waals surface area (Å²) in [4.78, 5) is 7.32. The molecule has 6 nitrogen and oxygen atoms in total. The molecule has 1 unspecified atom stereocenters. The van der Waals surface area contributed by atoms with Crippen LogP contribution in [0.4, 0.5) is 0 Å². The molecule has 0 saturated carbocycles. The number of likely N-dealkylation sites (tertiary alicyclic amines) is 1. The van der Waals surface area contributed by atoms with E-state index in [4.69, 9.17) is 4.98 Å². The van der Waals surface area contributed by atoms with Crippen LogP contribution >= 0.6 is 11.3 Å². The lowest BCUT2D eigenvalue weighted by Crippen LogP contribution is -2.24. The highest BCUT2D eigenvalue weighted by atomic mass is 32.1. The zero-order chi connectivity index (χ0) is 17.3. The Kier molecular flexibility index (Phi) is 3.95. The molecule has 1 saturated heterocycles. The van der Waals surface area contributed by atoms with Gasteiger partial charge in [0.1, 0.15) is 5.01 Å². The number of hydrogen-bond acceptors (Lipinski definition) is 6. The summed E-state index contributed by atoms with van der Waals surface area (Å²) < 4.78 is 3.08. The molecule has 0 N–H and O–H groups in total. The zero-order valence-corrected chi connectivity index (χ0v) is 15.0. The quantitative estimate of drug-likeness (QED) is 0.555. The molecule has 7 heteroatoms. The maximum Gasteiger partial charge on any atom is 0.170 e. The summed E-state index contributed by atoms with van der Waals surface area (Å²) >= 11 is 1.80. The van der Waals surface area contributed by atoms with E-state index in [1.54, 1.807) is 11.3 Å². The number of fused-ring (bicyclic) bond motifs is 1. The number of hydrogen-bond donors (Lipinski definition) is 0. The first-order valence-electron chi connectivity index (χ1n) is 8.81. The van der Waals surface area contributed by atoms with E-state index in [-0.39, 0.29) is 0 Å². The monoisotopic (exact) mass is 362 g/mol. The Labute approximate surface area is 155 Å². The van der Waals surface area contributed by atoms with E-state index in [0.29, 0.717) is 6.04 Å². The van der Waals surface area contributed by atoms with Crippen molar-refractivity contribution in [3.05, 3.63) is 65.4 Å². The van der Waals surface area contributed by atoms with Crippen LogP contribution in [-0.2, 0) is 6.54 Å². The summed E-state index contributed by atoms with van der Waals surface area (Å²) in [6.07, 6.45) is 2.31. The molecule has 2 aromatic heterocycles. The largest absolute Gasteiger partial charge is 0.286 e. The van der Waals surface area contributed by atoms with E-state index >= 15 is 0 Å². The Morgan fingerprint density at radius 3 is 2.77 bits per heavy atom. The van der Waals surface area contributed by atoms with Gasteiger partial charge in [-0.3, -0.25) is 4.90 Å². The standard InChI is InChI=1S/C19H18N6S/c1-2-7-14(8-3-1)25-18(21-22-23-25)13-24-12-6-10-16(24)19-20-15-9-4-5-11-17(15)26-19/h1-5,7-9,11,16H,6,10,12-13H2. The topological polar surface area (TPSA) is 59.7 Å². The number of nitrogens with zero attached hydrogens (tertiary/aromatic N) is 6. The normalized spacial score (nSPS) is 17.9. The number of tetrazole rings is 1. The van der Waals surface area contributed by atoms with Gasteiger partial charge in [0.15, 0.2) is 5.82 Å². The second-order valence-electron chi connectivity index (χ2n) is 6.49. The average Bonchev–Trinajstić information content (AvgIpc) is 3.41. The lowest BCUT2D eigenvalue weighted by atomic mass is 10.2. The van der Waals surface area contributed by atoms with Crippen molar-refractivity contribution >= 4 is 21.6 Å². The van der Waals surface area contributed by atoms with Crippen molar-refractivity contribution in [2.24, 2.45) is 0 Å². The lowest BCUT2D eigenvalue weighted by Gasteiger charge is -2.21. The molecule has 26 heavy (non-hydrogen) atoms. The van der Waals surface area contributed by atoms with Gasteiger partial charge in [0.05, 0.1) is 28.5 Å². The molecule has 1 aliphatic heterocycles. The van der Waals surface area contributed by atoms with Gasteiger partial charge in [0.25, 0.3) is 0 Å². The maximum atomic E-state index is 4.87. The molecule has 4 aromatic rings. The van der Waals surface area contributed by atoms with Crippen LogP contribution in [0.5, 0.6) is 0 Å².